The number of pyridine rings is 1. The molecule has 142 valence electrons. The summed E-state index contributed by atoms with van der Waals surface area (Å²) in [5.41, 5.74) is 7.11. The number of aryl methyl sites for hydroxylation is 2. The van der Waals surface area contributed by atoms with Gasteiger partial charge in [0.2, 0.25) is 5.69 Å². The van der Waals surface area contributed by atoms with Crippen LogP contribution in [0.5, 0.6) is 0 Å². The molecule has 1 heterocycles. The van der Waals surface area contributed by atoms with Gasteiger partial charge in [-0.05, 0) is 54.4 Å². The minimum absolute atomic E-state index is 0.575. The topological polar surface area (TPSA) is 3.88 Å². The van der Waals surface area contributed by atoms with Crippen LogP contribution in [0.2, 0.25) is 19.6 Å². The quantitative estimate of drug-likeness (QED) is 0.431. The van der Waals surface area contributed by atoms with Gasteiger partial charge in [-0.25, -0.2) is 4.57 Å². The maximum Gasteiger partial charge on any atom is 0.212 e. The third-order valence-corrected chi connectivity index (χ3v) is 7.77. The lowest BCUT2D eigenvalue weighted by atomic mass is 9.91. The van der Waals surface area contributed by atoms with Crippen LogP contribution in [0, 0.1) is 6.92 Å². The molecule has 0 aliphatic rings. The molecule has 1 nitrogen and oxygen atoms in total. The predicted molar refractivity (Wildman–Crippen MR) is 118 cm³/mol. The van der Waals surface area contributed by atoms with Crippen LogP contribution in [0.1, 0.15) is 69.1 Å². The Morgan fingerprint density at radius 3 is 2.08 bits per heavy atom. The van der Waals surface area contributed by atoms with E-state index in [1.165, 1.54) is 35.2 Å². The van der Waals surface area contributed by atoms with Crippen LogP contribution in [0.3, 0.4) is 0 Å². The van der Waals surface area contributed by atoms with E-state index < -0.39 is 8.07 Å². The molecular weight excluding hydrogens is 330 g/mol. The van der Waals surface area contributed by atoms with E-state index in [-0.39, 0.29) is 0 Å². The summed E-state index contributed by atoms with van der Waals surface area (Å²) in [6.07, 6.45) is 4.86. The molecule has 0 atom stereocenters. The van der Waals surface area contributed by atoms with E-state index in [1.807, 2.05) is 0 Å². The summed E-state index contributed by atoms with van der Waals surface area (Å²) in [6, 6.07) is 9.49. The molecule has 2 rings (SSSR count). The van der Waals surface area contributed by atoms with Crippen molar-refractivity contribution < 1.29 is 4.57 Å². The Morgan fingerprint density at radius 1 is 1.00 bits per heavy atom. The average Bonchev–Trinajstić information content (AvgIpc) is 2.56. The van der Waals surface area contributed by atoms with Gasteiger partial charge in [-0.1, -0.05) is 59.5 Å². The van der Waals surface area contributed by atoms with Gasteiger partial charge in [-0.3, -0.25) is 0 Å². The van der Waals surface area contributed by atoms with E-state index in [4.69, 9.17) is 0 Å². The number of nitrogens with zero attached hydrogens (tertiary/aromatic N) is 1. The SMILES string of the molecule is CCC(CC)c1cc(-c2ccc(C(C)C)cc2C)[n+](C)cc1[Si](C)(C)C. The number of rotatable bonds is 6. The molecule has 1 aromatic heterocycles. The van der Waals surface area contributed by atoms with Crippen molar-refractivity contribution in [3.8, 4) is 11.3 Å². The Kier molecular flexibility index (Phi) is 6.49. The molecule has 2 aromatic rings. The summed E-state index contributed by atoms with van der Waals surface area (Å²) in [5.74, 6) is 1.23. The molecular formula is C24H38NSi+. The molecule has 0 radical (unpaired) electrons. The zero-order valence-corrected chi connectivity index (χ0v) is 19.4. The highest BCUT2D eigenvalue weighted by Gasteiger charge is 2.28. The van der Waals surface area contributed by atoms with Gasteiger partial charge in [-0.2, -0.15) is 0 Å². The third-order valence-electron chi connectivity index (χ3n) is 5.73. The molecule has 0 amide bonds. The van der Waals surface area contributed by atoms with E-state index in [0.717, 1.165) is 0 Å². The summed E-state index contributed by atoms with van der Waals surface area (Å²) >= 11 is 0. The van der Waals surface area contributed by atoms with Crippen molar-refractivity contribution in [3.63, 3.8) is 0 Å². The second-order valence-electron chi connectivity index (χ2n) is 9.13. The van der Waals surface area contributed by atoms with Crippen LogP contribution >= 0.6 is 0 Å². The minimum atomic E-state index is -1.39. The van der Waals surface area contributed by atoms with Crippen molar-refractivity contribution in [2.45, 2.75) is 78.9 Å². The smallest absolute Gasteiger partial charge is 0.201 e. The minimum Gasteiger partial charge on any atom is -0.201 e. The Balaban J connectivity index is 2.69. The van der Waals surface area contributed by atoms with E-state index in [1.54, 1.807) is 10.8 Å². The maximum atomic E-state index is 2.50. The molecule has 0 bridgehead atoms. The van der Waals surface area contributed by atoms with Gasteiger partial charge >= 0.3 is 0 Å². The standard InChI is InChI=1S/C24H38NSi/c1-10-19(11-2)22-15-23(25(6)16-24(22)26(7,8)9)21-13-12-20(17(3)4)14-18(21)5/h12-17,19H,10-11H2,1-9H3/q+1. The van der Waals surface area contributed by atoms with Gasteiger partial charge in [-0.15, -0.1) is 0 Å². The van der Waals surface area contributed by atoms with Gasteiger partial charge in [0.25, 0.3) is 0 Å². The van der Waals surface area contributed by atoms with Gasteiger partial charge in [0.05, 0.1) is 8.07 Å². The first-order valence-electron chi connectivity index (χ1n) is 10.2. The Labute approximate surface area is 162 Å². The highest BCUT2D eigenvalue weighted by atomic mass is 28.3. The zero-order chi connectivity index (χ0) is 19.6. The fraction of sp³-hybridized carbons (Fsp3) is 0.542. The lowest BCUT2D eigenvalue weighted by Crippen LogP contribution is -2.47. The first-order valence-corrected chi connectivity index (χ1v) is 13.7. The normalized spacial score (nSPS) is 12.3. The van der Waals surface area contributed by atoms with Crippen LogP contribution in [0.25, 0.3) is 11.3 Å². The highest BCUT2D eigenvalue weighted by molar-refractivity contribution is 6.89. The molecule has 0 spiro atoms. The summed E-state index contributed by atoms with van der Waals surface area (Å²) in [6.45, 7) is 18.9. The molecule has 1 aromatic carbocycles. The lowest BCUT2D eigenvalue weighted by molar-refractivity contribution is -0.659. The summed E-state index contributed by atoms with van der Waals surface area (Å²) in [5, 5.41) is 1.62. The lowest BCUT2D eigenvalue weighted by Gasteiger charge is -2.24. The fourth-order valence-corrected chi connectivity index (χ4v) is 5.68. The monoisotopic (exact) mass is 368 g/mol. The van der Waals surface area contributed by atoms with Crippen molar-refractivity contribution in [1.82, 2.24) is 0 Å². The molecule has 2 heteroatoms. The molecule has 0 unspecified atom stereocenters. The van der Waals surface area contributed by atoms with Gasteiger partial charge < -0.3 is 0 Å². The maximum absolute atomic E-state index is 2.50. The first kappa shape index (κ1) is 20.9. The average molecular weight is 369 g/mol. The Morgan fingerprint density at radius 2 is 1.62 bits per heavy atom. The summed E-state index contributed by atoms with van der Waals surface area (Å²) < 4.78 is 2.36. The van der Waals surface area contributed by atoms with Crippen molar-refractivity contribution in [3.05, 3.63) is 47.2 Å². The van der Waals surface area contributed by atoms with Crippen LogP contribution in [-0.2, 0) is 7.05 Å². The van der Waals surface area contributed by atoms with Gasteiger partial charge in [0.15, 0.2) is 6.20 Å². The second kappa shape index (κ2) is 8.08. The van der Waals surface area contributed by atoms with Crippen LogP contribution < -0.4 is 9.75 Å². The van der Waals surface area contributed by atoms with Crippen LogP contribution in [0.15, 0.2) is 30.5 Å². The molecule has 0 aliphatic heterocycles. The van der Waals surface area contributed by atoms with Crippen molar-refractivity contribution >= 4 is 13.3 Å². The number of hydrogen-bond acceptors (Lipinski definition) is 0. The largest absolute Gasteiger partial charge is 0.212 e. The second-order valence-corrected chi connectivity index (χ2v) is 14.2. The Hall–Kier alpha value is -1.41. The summed E-state index contributed by atoms with van der Waals surface area (Å²) in [7, 11) is 0.827. The predicted octanol–water partition coefficient (Wildman–Crippen LogP) is 6.06. The molecule has 0 fully saturated rings. The van der Waals surface area contributed by atoms with E-state index >= 15 is 0 Å². The highest BCUT2D eigenvalue weighted by Crippen LogP contribution is 2.29. The summed E-state index contributed by atoms with van der Waals surface area (Å²) in [4.78, 5) is 0. The number of benzene rings is 1. The van der Waals surface area contributed by atoms with Crippen molar-refractivity contribution in [2.24, 2.45) is 7.05 Å². The number of aromatic nitrogens is 1. The third kappa shape index (κ3) is 4.28. The first-order chi connectivity index (χ1) is 12.1. The van der Waals surface area contributed by atoms with Crippen molar-refractivity contribution in [2.75, 3.05) is 0 Å². The fourth-order valence-electron chi connectivity index (χ4n) is 3.96. The Bertz CT molecular complexity index is 765. The molecule has 26 heavy (non-hydrogen) atoms. The van der Waals surface area contributed by atoms with Gasteiger partial charge in [0.1, 0.15) is 7.05 Å². The van der Waals surface area contributed by atoms with Crippen molar-refractivity contribution in [1.29, 1.82) is 0 Å². The molecule has 0 saturated heterocycles. The van der Waals surface area contributed by atoms with E-state index in [0.29, 0.717) is 11.8 Å². The molecule has 0 aliphatic carbocycles. The van der Waals surface area contributed by atoms with Gasteiger partial charge in [0, 0.05) is 16.8 Å². The van der Waals surface area contributed by atoms with Crippen LogP contribution in [-0.4, -0.2) is 8.07 Å². The van der Waals surface area contributed by atoms with E-state index in [9.17, 15) is 0 Å². The van der Waals surface area contributed by atoms with Crippen LogP contribution in [0.4, 0.5) is 0 Å². The van der Waals surface area contributed by atoms with E-state index in [2.05, 4.69) is 96.3 Å². The molecule has 0 N–H and O–H groups in total. The number of hydrogen-bond donors (Lipinski definition) is 0. The zero-order valence-electron chi connectivity index (χ0n) is 18.4. The molecule has 0 saturated carbocycles.